The number of benzene rings is 6. The van der Waals surface area contributed by atoms with Crippen molar-refractivity contribution in [3.8, 4) is 33.8 Å². The van der Waals surface area contributed by atoms with Crippen LogP contribution in [0.1, 0.15) is 0 Å². The smallest absolute Gasteiger partial charge is 0.162 e. The molecule has 0 unspecified atom stereocenters. The van der Waals surface area contributed by atoms with Gasteiger partial charge in [0.1, 0.15) is 11.3 Å². The number of rotatable bonds is 3. The number of nitrogens with zero attached hydrogens (tertiary/aromatic N) is 3. The maximum atomic E-state index is 6.57. The molecule has 0 bridgehead atoms. The Morgan fingerprint density at radius 3 is 1.81 bits per heavy atom. The second-order valence-electron chi connectivity index (χ2n) is 12.0. The largest absolute Gasteiger partial charge is 0.454 e. The van der Waals surface area contributed by atoms with Crippen LogP contribution in [0.4, 0.5) is 0 Å². The van der Waals surface area contributed by atoms with Gasteiger partial charge in [0, 0.05) is 49.0 Å². The number of pyridine rings is 3. The molecule has 0 atom stereocenters. The van der Waals surface area contributed by atoms with Crippen molar-refractivity contribution in [2.45, 2.75) is 0 Å². The molecule has 4 heteroatoms. The first-order valence-corrected chi connectivity index (χ1v) is 15.8. The van der Waals surface area contributed by atoms with Crippen molar-refractivity contribution in [1.29, 1.82) is 0 Å². The van der Waals surface area contributed by atoms with Gasteiger partial charge in [-0.05, 0) is 29.7 Å². The summed E-state index contributed by atoms with van der Waals surface area (Å²) in [6.45, 7) is 0. The van der Waals surface area contributed by atoms with E-state index in [1.165, 1.54) is 0 Å². The summed E-state index contributed by atoms with van der Waals surface area (Å²) >= 11 is 0. The molecule has 218 valence electrons. The van der Waals surface area contributed by atoms with Gasteiger partial charge in [-0.25, -0.2) is 15.0 Å². The van der Waals surface area contributed by atoms with E-state index >= 15 is 0 Å². The van der Waals surface area contributed by atoms with Crippen molar-refractivity contribution in [3.63, 3.8) is 0 Å². The SMILES string of the molecule is c1ccc(-c2ccc3ccc4ccc(-c5cccc(-c6nc7c8ccccc8ccc7c7c6oc6ccccc67)c5)nc4c3n2)cc1. The van der Waals surface area contributed by atoms with Crippen molar-refractivity contribution >= 4 is 65.4 Å². The minimum absolute atomic E-state index is 0.793. The summed E-state index contributed by atoms with van der Waals surface area (Å²) in [5, 5.41) is 7.68. The van der Waals surface area contributed by atoms with E-state index in [9.17, 15) is 0 Å². The predicted molar refractivity (Wildman–Crippen MR) is 193 cm³/mol. The zero-order chi connectivity index (χ0) is 30.9. The number of fused-ring (bicyclic) bond motifs is 10. The van der Waals surface area contributed by atoms with Crippen LogP contribution in [0.15, 0.2) is 156 Å². The van der Waals surface area contributed by atoms with Crippen LogP contribution in [0, 0.1) is 0 Å². The van der Waals surface area contributed by atoms with Crippen molar-refractivity contribution in [2.24, 2.45) is 0 Å². The molecule has 10 aromatic rings. The van der Waals surface area contributed by atoms with E-state index in [2.05, 4.69) is 121 Å². The maximum Gasteiger partial charge on any atom is 0.162 e. The van der Waals surface area contributed by atoms with Crippen LogP contribution in [0.25, 0.3) is 99.2 Å². The highest BCUT2D eigenvalue weighted by molar-refractivity contribution is 6.24. The number of aromatic nitrogens is 3. The van der Waals surface area contributed by atoms with E-state index in [0.717, 1.165) is 99.2 Å². The van der Waals surface area contributed by atoms with Crippen LogP contribution in [0.2, 0.25) is 0 Å². The second kappa shape index (κ2) is 10.1. The van der Waals surface area contributed by atoms with Gasteiger partial charge in [-0.2, -0.15) is 0 Å². The Balaban J connectivity index is 1.19. The Kier molecular flexibility index (Phi) is 5.54. The molecule has 0 N–H and O–H groups in total. The molecule has 47 heavy (non-hydrogen) atoms. The molecule has 4 nitrogen and oxygen atoms in total. The molecular formula is C43H25N3O. The lowest BCUT2D eigenvalue weighted by atomic mass is 9.98. The lowest BCUT2D eigenvalue weighted by molar-refractivity contribution is 0.669. The van der Waals surface area contributed by atoms with Crippen LogP contribution in [-0.4, -0.2) is 15.0 Å². The Bertz CT molecular complexity index is 2850. The zero-order valence-electron chi connectivity index (χ0n) is 25.2. The number of para-hydroxylation sites is 1. The average molecular weight is 600 g/mol. The van der Waals surface area contributed by atoms with Gasteiger partial charge in [0.2, 0.25) is 0 Å². The Hall–Kier alpha value is -6.39. The van der Waals surface area contributed by atoms with E-state index in [-0.39, 0.29) is 0 Å². The number of hydrogen-bond donors (Lipinski definition) is 0. The summed E-state index contributed by atoms with van der Waals surface area (Å²) < 4.78 is 6.57. The number of furan rings is 1. The first kappa shape index (κ1) is 25.9. The van der Waals surface area contributed by atoms with Crippen LogP contribution >= 0.6 is 0 Å². The molecule has 0 saturated heterocycles. The Morgan fingerprint density at radius 1 is 0.383 bits per heavy atom. The lowest BCUT2D eigenvalue weighted by Crippen LogP contribution is -1.92. The van der Waals surface area contributed by atoms with Gasteiger partial charge in [-0.15, -0.1) is 0 Å². The zero-order valence-corrected chi connectivity index (χ0v) is 25.2. The highest BCUT2D eigenvalue weighted by Gasteiger charge is 2.19. The summed E-state index contributed by atoms with van der Waals surface area (Å²) in [5.74, 6) is 0. The van der Waals surface area contributed by atoms with Crippen molar-refractivity contribution in [3.05, 3.63) is 152 Å². The minimum Gasteiger partial charge on any atom is -0.454 e. The highest BCUT2D eigenvalue weighted by Crippen LogP contribution is 2.41. The fourth-order valence-corrected chi connectivity index (χ4v) is 6.94. The summed E-state index contributed by atoms with van der Waals surface area (Å²) in [4.78, 5) is 15.7. The topological polar surface area (TPSA) is 51.8 Å². The summed E-state index contributed by atoms with van der Waals surface area (Å²) in [7, 11) is 0. The van der Waals surface area contributed by atoms with Crippen LogP contribution < -0.4 is 0 Å². The molecule has 0 aliphatic carbocycles. The van der Waals surface area contributed by atoms with E-state index in [0.29, 0.717) is 0 Å². The van der Waals surface area contributed by atoms with Crippen molar-refractivity contribution in [1.82, 2.24) is 15.0 Å². The lowest BCUT2D eigenvalue weighted by Gasteiger charge is -2.11. The van der Waals surface area contributed by atoms with Gasteiger partial charge in [-0.1, -0.05) is 127 Å². The van der Waals surface area contributed by atoms with Gasteiger partial charge >= 0.3 is 0 Å². The van der Waals surface area contributed by atoms with E-state index < -0.39 is 0 Å². The normalized spacial score (nSPS) is 11.8. The predicted octanol–water partition coefficient (Wildman–Crippen LogP) is 11.4. The van der Waals surface area contributed by atoms with Gasteiger partial charge in [0.15, 0.2) is 5.58 Å². The third-order valence-corrected chi connectivity index (χ3v) is 9.23. The molecule has 0 aliphatic heterocycles. The van der Waals surface area contributed by atoms with E-state index in [1.807, 2.05) is 30.3 Å². The van der Waals surface area contributed by atoms with Crippen LogP contribution in [0.5, 0.6) is 0 Å². The molecule has 4 aromatic heterocycles. The highest BCUT2D eigenvalue weighted by atomic mass is 16.3. The van der Waals surface area contributed by atoms with Crippen molar-refractivity contribution < 1.29 is 4.42 Å². The van der Waals surface area contributed by atoms with E-state index in [4.69, 9.17) is 19.4 Å². The molecule has 4 heterocycles. The minimum atomic E-state index is 0.793. The van der Waals surface area contributed by atoms with Gasteiger partial charge in [0.05, 0.1) is 27.9 Å². The monoisotopic (exact) mass is 599 g/mol. The van der Waals surface area contributed by atoms with Crippen LogP contribution in [-0.2, 0) is 0 Å². The first-order chi connectivity index (χ1) is 23.3. The second-order valence-corrected chi connectivity index (χ2v) is 12.0. The fraction of sp³-hybridized carbons (Fsp3) is 0. The summed E-state index contributed by atoms with van der Waals surface area (Å²) in [6.07, 6.45) is 0. The van der Waals surface area contributed by atoms with Gasteiger partial charge < -0.3 is 4.42 Å². The van der Waals surface area contributed by atoms with E-state index in [1.54, 1.807) is 0 Å². The molecule has 0 aliphatic rings. The average Bonchev–Trinajstić information content (AvgIpc) is 3.54. The third kappa shape index (κ3) is 4.05. The Labute approximate surface area is 269 Å². The molecule has 0 radical (unpaired) electrons. The molecule has 0 amide bonds. The fourth-order valence-electron chi connectivity index (χ4n) is 6.94. The third-order valence-electron chi connectivity index (χ3n) is 9.23. The Morgan fingerprint density at radius 2 is 1.00 bits per heavy atom. The van der Waals surface area contributed by atoms with Gasteiger partial charge in [0.25, 0.3) is 0 Å². The van der Waals surface area contributed by atoms with Crippen molar-refractivity contribution in [2.75, 3.05) is 0 Å². The summed E-state index contributed by atoms with van der Waals surface area (Å²) in [6, 6.07) is 52.5. The first-order valence-electron chi connectivity index (χ1n) is 15.8. The molecule has 10 rings (SSSR count). The molecular weight excluding hydrogens is 574 g/mol. The molecule has 0 spiro atoms. The molecule has 6 aromatic carbocycles. The van der Waals surface area contributed by atoms with Crippen LogP contribution in [0.3, 0.4) is 0 Å². The van der Waals surface area contributed by atoms with Gasteiger partial charge in [-0.3, -0.25) is 0 Å². The maximum absolute atomic E-state index is 6.57. The quantitative estimate of drug-likeness (QED) is 0.190. The summed E-state index contributed by atoms with van der Waals surface area (Å²) in [5.41, 5.74) is 10.1. The number of hydrogen-bond acceptors (Lipinski definition) is 4. The molecule has 0 fully saturated rings. The molecule has 0 saturated carbocycles. The standard InChI is InChI=1S/C43H25N3O/c1-2-10-27(11-3-1)35-23-20-28-17-18-29-21-24-36(45-40(29)39(28)44-35)30-12-8-13-31(25-30)41-43-38(33-15-6-7-16-37(33)47-43)34-22-19-26-9-4-5-14-32(26)42(34)46-41/h1-25H.